The van der Waals surface area contributed by atoms with Gasteiger partial charge in [-0.1, -0.05) is 37.5 Å². The molecule has 1 aromatic carbocycles. The second-order valence-electron chi connectivity index (χ2n) is 10.6. The van der Waals surface area contributed by atoms with Crippen molar-refractivity contribution in [3.8, 4) is 5.75 Å². The number of amides is 3. The third kappa shape index (κ3) is 7.29. The summed E-state index contributed by atoms with van der Waals surface area (Å²) in [5, 5.41) is 16.7. The fourth-order valence-corrected chi connectivity index (χ4v) is 4.78. The van der Waals surface area contributed by atoms with Crippen LogP contribution in [0.25, 0.3) is 0 Å². The number of phenols is 1. The SMILES string of the molecule is Cc1cccc(C(C(=O)NC2CCCCC2)N(C(=O)C(CS)NC(=O)OC(C)(C)C)C2CC2)c1O. The van der Waals surface area contributed by atoms with Gasteiger partial charge in [0.2, 0.25) is 11.8 Å². The zero-order chi connectivity index (χ0) is 25.8. The molecule has 2 unspecified atom stereocenters. The number of nitrogens with one attached hydrogen (secondary N) is 2. The monoisotopic (exact) mass is 505 g/mol. The summed E-state index contributed by atoms with van der Waals surface area (Å²) in [6.45, 7) is 6.99. The van der Waals surface area contributed by atoms with Crippen LogP contribution in [0.5, 0.6) is 5.75 Å². The van der Waals surface area contributed by atoms with E-state index in [1.807, 2.05) is 0 Å². The van der Waals surface area contributed by atoms with Crippen LogP contribution in [0, 0.1) is 6.92 Å². The number of rotatable bonds is 8. The van der Waals surface area contributed by atoms with Crippen LogP contribution < -0.4 is 10.6 Å². The minimum Gasteiger partial charge on any atom is -0.507 e. The summed E-state index contributed by atoms with van der Waals surface area (Å²) in [4.78, 5) is 41.5. The Labute approximate surface area is 213 Å². The number of aromatic hydroxyl groups is 1. The fraction of sp³-hybridized carbons (Fsp3) is 0.654. The molecule has 2 fully saturated rings. The molecular formula is C26H39N3O5S. The molecule has 0 heterocycles. The molecule has 2 saturated carbocycles. The highest BCUT2D eigenvalue weighted by Gasteiger charge is 2.45. The van der Waals surface area contributed by atoms with Gasteiger partial charge in [0, 0.05) is 23.4 Å². The minimum atomic E-state index is -1.01. The van der Waals surface area contributed by atoms with E-state index in [0.717, 1.165) is 44.9 Å². The van der Waals surface area contributed by atoms with Gasteiger partial charge in [0.15, 0.2) is 0 Å². The number of phenolic OH excluding ortho intramolecular Hbond substituents is 1. The van der Waals surface area contributed by atoms with Gasteiger partial charge in [-0.15, -0.1) is 0 Å². The third-order valence-corrected chi connectivity index (χ3v) is 6.77. The molecule has 1 aromatic rings. The average molecular weight is 506 g/mol. The molecule has 2 atom stereocenters. The smallest absolute Gasteiger partial charge is 0.408 e. The van der Waals surface area contributed by atoms with E-state index in [9.17, 15) is 19.5 Å². The van der Waals surface area contributed by atoms with Gasteiger partial charge in [-0.2, -0.15) is 12.6 Å². The van der Waals surface area contributed by atoms with Crippen LogP contribution in [0.1, 0.15) is 82.9 Å². The summed E-state index contributed by atoms with van der Waals surface area (Å²) < 4.78 is 5.33. The maximum absolute atomic E-state index is 13.8. The molecule has 0 bridgehead atoms. The number of benzene rings is 1. The molecule has 0 aromatic heterocycles. The van der Waals surface area contributed by atoms with Gasteiger partial charge in [-0.3, -0.25) is 9.59 Å². The van der Waals surface area contributed by atoms with Gasteiger partial charge in [0.05, 0.1) is 0 Å². The normalized spacial score (nSPS) is 18.3. The molecule has 2 aliphatic rings. The molecule has 0 aliphatic heterocycles. The lowest BCUT2D eigenvalue weighted by Gasteiger charge is -2.36. The highest BCUT2D eigenvalue weighted by atomic mass is 32.1. The molecule has 0 spiro atoms. The maximum Gasteiger partial charge on any atom is 0.408 e. The number of hydrogen-bond donors (Lipinski definition) is 4. The van der Waals surface area contributed by atoms with Crippen LogP contribution in [-0.4, -0.2) is 57.4 Å². The first-order chi connectivity index (χ1) is 16.5. The number of aryl methyl sites for hydroxylation is 1. The molecule has 194 valence electrons. The van der Waals surface area contributed by atoms with Gasteiger partial charge in [0.25, 0.3) is 0 Å². The summed E-state index contributed by atoms with van der Waals surface area (Å²) in [6, 6.07) is 3.11. The Balaban J connectivity index is 1.93. The summed E-state index contributed by atoms with van der Waals surface area (Å²) in [5.74, 6) is -0.693. The zero-order valence-electron chi connectivity index (χ0n) is 21.2. The Kier molecular flexibility index (Phi) is 8.96. The Hall–Kier alpha value is -2.42. The Morgan fingerprint density at radius 2 is 1.80 bits per heavy atom. The quantitative estimate of drug-likeness (QED) is 0.400. The second kappa shape index (κ2) is 11.5. The average Bonchev–Trinajstić information content (AvgIpc) is 3.62. The van der Waals surface area contributed by atoms with Crippen LogP contribution in [0.4, 0.5) is 4.79 Å². The largest absolute Gasteiger partial charge is 0.507 e. The fourth-order valence-electron chi connectivity index (χ4n) is 4.53. The Bertz CT molecular complexity index is 922. The number of para-hydroxylation sites is 1. The summed E-state index contributed by atoms with van der Waals surface area (Å²) in [5.41, 5.74) is 0.285. The van der Waals surface area contributed by atoms with E-state index in [2.05, 4.69) is 23.3 Å². The standard InChI is InChI=1S/C26H39N3O5S/c1-16-9-8-12-19(22(16)30)21(23(31)27-17-10-6-5-7-11-17)29(18-13-14-18)24(32)20(15-35)28-25(33)34-26(2,3)4/h8-9,12,17-18,20-21,30,35H,5-7,10-11,13-15H2,1-4H3,(H,27,31)(H,28,33). The zero-order valence-corrected chi connectivity index (χ0v) is 22.1. The lowest BCUT2D eigenvalue weighted by atomic mass is 9.94. The van der Waals surface area contributed by atoms with Crippen molar-refractivity contribution in [1.82, 2.24) is 15.5 Å². The molecule has 0 radical (unpaired) electrons. The van der Waals surface area contributed by atoms with E-state index >= 15 is 0 Å². The molecule has 3 N–H and O–H groups in total. The number of carbonyl (C=O) groups excluding carboxylic acids is 3. The summed E-state index contributed by atoms with van der Waals surface area (Å²) in [7, 11) is 0. The number of carbonyl (C=O) groups is 3. The van der Waals surface area contributed by atoms with Crippen LogP contribution in [-0.2, 0) is 14.3 Å². The predicted molar refractivity (Wildman–Crippen MR) is 137 cm³/mol. The lowest BCUT2D eigenvalue weighted by molar-refractivity contribution is -0.143. The number of ether oxygens (including phenoxy) is 1. The highest BCUT2D eigenvalue weighted by molar-refractivity contribution is 7.80. The molecule has 3 rings (SSSR count). The number of alkyl carbamates (subject to hydrolysis) is 1. The van der Waals surface area contributed by atoms with Crippen molar-refractivity contribution in [2.75, 3.05) is 5.75 Å². The number of thiol groups is 1. The summed E-state index contributed by atoms with van der Waals surface area (Å²) >= 11 is 4.31. The van der Waals surface area contributed by atoms with Crippen molar-refractivity contribution in [1.29, 1.82) is 0 Å². The number of nitrogens with zero attached hydrogens (tertiary/aromatic N) is 1. The second-order valence-corrected chi connectivity index (χ2v) is 11.0. The molecule has 3 amide bonds. The first-order valence-electron chi connectivity index (χ1n) is 12.5. The molecular weight excluding hydrogens is 466 g/mol. The van der Waals surface area contributed by atoms with Crippen molar-refractivity contribution in [2.24, 2.45) is 0 Å². The van der Waals surface area contributed by atoms with Crippen molar-refractivity contribution in [3.05, 3.63) is 29.3 Å². The topological polar surface area (TPSA) is 108 Å². The van der Waals surface area contributed by atoms with Gasteiger partial charge in [-0.05, 0) is 58.9 Å². The molecule has 0 saturated heterocycles. The highest BCUT2D eigenvalue weighted by Crippen LogP contribution is 2.39. The van der Waals surface area contributed by atoms with E-state index in [0.29, 0.717) is 11.1 Å². The Morgan fingerprint density at radius 3 is 2.37 bits per heavy atom. The molecule has 9 heteroatoms. The van der Waals surface area contributed by atoms with Gasteiger partial charge in [0.1, 0.15) is 23.4 Å². The van der Waals surface area contributed by atoms with Crippen LogP contribution in [0.3, 0.4) is 0 Å². The van der Waals surface area contributed by atoms with Crippen molar-refractivity contribution >= 4 is 30.5 Å². The molecule has 8 nitrogen and oxygen atoms in total. The Morgan fingerprint density at radius 1 is 1.14 bits per heavy atom. The predicted octanol–water partition coefficient (Wildman–Crippen LogP) is 4.00. The van der Waals surface area contributed by atoms with E-state index in [1.165, 1.54) is 4.90 Å². The van der Waals surface area contributed by atoms with Gasteiger partial charge < -0.3 is 25.4 Å². The van der Waals surface area contributed by atoms with E-state index in [1.54, 1.807) is 45.9 Å². The van der Waals surface area contributed by atoms with Gasteiger partial charge in [-0.25, -0.2) is 4.79 Å². The minimum absolute atomic E-state index is 0.00253. The van der Waals surface area contributed by atoms with Crippen LogP contribution in [0.15, 0.2) is 18.2 Å². The first-order valence-corrected chi connectivity index (χ1v) is 13.2. The van der Waals surface area contributed by atoms with E-state index < -0.39 is 29.7 Å². The van der Waals surface area contributed by atoms with Crippen molar-refractivity contribution in [2.45, 2.75) is 102 Å². The summed E-state index contributed by atoms with van der Waals surface area (Å²) in [6.07, 6.45) is 5.83. The van der Waals surface area contributed by atoms with Crippen molar-refractivity contribution in [3.63, 3.8) is 0 Å². The van der Waals surface area contributed by atoms with Gasteiger partial charge >= 0.3 is 6.09 Å². The maximum atomic E-state index is 13.8. The van der Waals surface area contributed by atoms with E-state index in [4.69, 9.17) is 4.74 Å². The lowest BCUT2D eigenvalue weighted by Crippen LogP contribution is -2.55. The van der Waals surface area contributed by atoms with Crippen LogP contribution >= 0.6 is 12.6 Å². The van der Waals surface area contributed by atoms with Crippen molar-refractivity contribution < 1.29 is 24.2 Å². The van der Waals surface area contributed by atoms with E-state index in [-0.39, 0.29) is 29.5 Å². The third-order valence-electron chi connectivity index (χ3n) is 6.41. The number of hydrogen-bond acceptors (Lipinski definition) is 6. The first kappa shape index (κ1) is 27.2. The molecule has 35 heavy (non-hydrogen) atoms. The molecule has 2 aliphatic carbocycles. The van der Waals surface area contributed by atoms with Crippen LogP contribution in [0.2, 0.25) is 0 Å².